The van der Waals surface area contributed by atoms with E-state index in [1.165, 1.54) is 18.4 Å². The van der Waals surface area contributed by atoms with Gasteiger partial charge in [-0.3, -0.25) is 9.78 Å². The highest BCUT2D eigenvalue weighted by Crippen LogP contribution is 2.37. The van der Waals surface area contributed by atoms with Gasteiger partial charge in [-0.2, -0.15) is 22.1 Å². The minimum Gasteiger partial charge on any atom is -0.497 e. The number of carbonyl (C=O) groups excluding carboxylic acids is 1. The SMILES string of the molecule is COc1ccc(/C=C2\CN(S(=O)(=O)N(C)C)Cc3c(C(=O)NC(C)c4ccccn4)nn(-c4ccc(Cl)cc4Cl)c32)cc1. The summed E-state index contributed by atoms with van der Waals surface area (Å²) in [6, 6.07) is 17.3. The number of methoxy groups -OCH3 is 1. The maximum Gasteiger partial charge on any atom is 0.282 e. The lowest BCUT2D eigenvalue weighted by atomic mass is 9.98. The molecule has 0 fully saturated rings. The van der Waals surface area contributed by atoms with Crippen LogP contribution in [0.4, 0.5) is 0 Å². The summed E-state index contributed by atoms with van der Waals surface area (Å²) in [5, 5.41) is 8.46. The molecule has 1 atom stereocenters. The van der Waals surface area contributed by atoms with Gasteiger partial charge in [-0.25, -0.2) is 4.68 Å². The van der Waals surface area contributed by atoms with Crippen molar-refractivity contribution in [2.24, 2.45) is 0 Å². The molecule has 3 heterocycles. The number of hydrogen-bond donors (Lipinski definition) is 1. The number of halogens is 2. The average molecular weight is 642 g/mol. The zero-order valence-electron chi connectivity index (χ0n) is 24.0. The van der Waals surface area contributed by atoms with Crippen LogP contribution in [0.25, 0.3) is 17.3 Å². The molecule has 0 radical (unpaired) electrons. The maximum absolute atomic E-state index is 13.8. The third-order valence-corrected chi connectivity index (χ3v) is 9.42. The Hall–Kier alpha value is -3.74. The van der Waals surface area contributed by atoms with Gasteiger partial charge >= 0.3 is 0 Å². The zero-order chi connectivity index (χ0) is 30.9. The number of rotatable bonds is 8. The van der Waals surface area contributed by atoms with Gasteiger partial charge in [0, 0.05) is 44.0 Å². The van der Waals surface area contributed by atoms with Gasteiger partial charge in [-0.15, -0.1) is 0 Å². The van der Waals surface area contributed by atoms with Crippen LogP contribution in [0.5, 0.6) is 5.75 Å². The van der Waals surface area contributed by atoms with Crippen molar-refractivity contribution in [3.05, 3.63) is 105 Å². The number of carbonyl (C=O) groups is 1. The van der Waals surface area contributed by atoms with Crippen molar-refractivity contribution in [1.29, 1.82) is 0 Å². The first kappa shape index (κ1) is 30.7. The van der Waals surface area contributed by atoms with Crippen molar-refractivity contribution in [2.75, 3.05) is 27.7 Å². The molecule has 2 aromatic heterocycles. The fourth-order valence-corrected chi connectivity index (χ4v) is 6.36. The van der Waals surface area contributed by atoms with Crippen LogP contribution in [-0.2, 0) is 16.8 Å². The van der Waals surface area contributed by atoms with Gasteiger partial charge in [0.05, 0.1) is 35.2 Å². The van der Waals surface area contributed by atoms with Crippen LogP contribution in [-0.4, -0.2) is 65.4 Å². The number of nitrogens with one attached hydrogen (secondary N) is 1. The smallest absolute Gasteiger partial charge is 0.282 e. The van der Waals surface area contributed by atoms with E-state index in [1.54, 1.807) is 42.3 Å². The lowest BCUT2D eigenvalue weighted by molar-refractivity contribution is 0.0932. The number of hydrogen-bond acceptors (Lipinski definition) is 6. The second-order valence-electron chi connectivity index (χ2n) is 10.1. The van der Waals surface area contributed by atoms with Crippen LogP contribution < -0.4 is 10.1 Å². The van der Waals surface area contributed by atoms with Crippen molar-refractivity contribution in [3.8, 4) is 11.4 Å². The van der Waals surface area contributed by atoms with Crippen molar-refractivity contribution in [3.63, 3.8) is 0 Å². The van der Waals surface area contributed by atoms with Gasteiger partial charge in [-0.1, -0.05) is 41.4 Å². The Bertz CT molecular complexity index is 1790. The molecule has 13 heteroatoms. The van der Waals surface area contributed by atoms with Gasteiger partial charge in [-0.05, 0) is 66.6 Å². The van der Waals surface area contributed by atoms with E-state index < -0.39 is 22.2 Å². The molecule has 5 rings (SSSR count). The second-order valence-corrected chi connectivity index (χ2v) is 13.1. The van der Waals surface area contributed by atoms with E-state index in [0.717, 1.165) is 9.87 Å². The maximum atomic E-state index is 13.8. The lowest BCUT2D eigenvalue weighted by Crippen LogP contribution is -2.43. The highest BCUT2D eigenvalue weighted by Gasteiger charge is 2.37. The number of benzene rings is 2. The van der Waals surface area contributed by atoms with E-state index in [-0.39, 0.29) is 18.8 Å². The Kier molecular flexibility index (Phi) is 8.91. The van der Waals surface area contributed by atoms with Gasteiger partial charge in [0.1, 0.15) is 5.75 Å². The molecule has 2 aromatic carbocycles. The van der Waals surface area contributed by atoms with E-state index in [0.29, 0.717) is 44.0 Å². The Morgan fingerprint density at radius 1 is 1.09 bits per heavy atom. The molecule has 1 aliphatic rings. The largest absolute Gasteiger partial charge is 0.497 e. The number of amides is 1. The first-order valence-electron chi connectivity index (χ1n) is 13.3. The lowest BCUT2D eigenvalue weighted by Gasteiger charge is -2.31. The Morgan fingerprint density at radius 2 is 1.84 bits per heavy atom. The summed E-state index contributed by atoms with van der Waals surface area (Å²) in [4.78, 5) is 18.2. The van der Waals surface area contributed by atoms with Crippen LogP contribution in [0.2, 0.25) is 10.0 Å². The second kappa shape index (κ2) is 12.5. The van der Waals surface area contributed by atoms with Gasteiger partial charge < -0.3 is 10.1 Å². The molecule has 224 valence electrons. The predicted octanol–water partition coefficient (Wildman–Crippen LogP) is 5.24. The van der Waals surface area contributed by atoms with E-state index >= 15 is 0 Å². The van der Waals surface area contributed by atoms with Crippen molar-refractivity contribution < 1.29 is 17.9 Å². The fraction of sp³-hybridized carbons (Fsp3) is 0.233. The summed E-state index contributed by atoms with van der Waals surface area (Å²) >= 11 is 12.8. The molecule has 0 saturated heterocycles. The topological polar surface area (TPSA) is 110 Å². The zero-order valence-corrected chi connectivity index (χ0v) is 26.3. The van der Waals surface area contributed by atoms with E-state index in [1.807, 2.05) is 49.4 Å². The minimum atomic E-state index is -3.87. The number of aromatic nitrogens is 3. The molecule has 0 saturated carbocycles. The van der Waals surface area contributed by atoms with Crippen LogP contribution in [0.15, 0.2) is 66.9 Å². The molecule has 1 unspecified atom stereocenters. The standard InChI is InChI=1S/C30H30Cl2N6O4S/c1-19(26-7-5-6-14-33-26)34-30(39)28-24-18-37(43(40,41)36(2)3)17-21(15-20-8-11-23(42-4)12-9-20)29(24)38(35-28)27-13-10-22(31)16-25(27)32/h5-16,19H,17-18H2,1-4H3,(H,34,39)/b21-15+. The third-order valence-electron chi connectivity index (χ3n) is 7.05. The Balaban J connectivity index is 1.71. The number of nitrogens with zero attached hydrogens (tertiary/aromatic N) is 5. The van der Waals surface area contributed by atoms with Crippen LogP contribution in [0.3, 0.4) is 0 Å². The normalized spacial score (nSPS) is 15.4. The number of pyridine rings is 1. The molecule has 4 aromatic rings. The van der Waals surface area contributed by atoms with Gasteiger partial charge in [0.25, 0.3) is 16.1 Å². The van der Waals surface area contributed by atoms with Crippen molar-refractivity contribution in [2.45, 2.75) is 19.5 Å². The fourth-order valence-electron chi connectivity index (χ4n) is 4.82. The molecule has 43 heavy (non-hydrogen) atoms. The molecule has 1 amide bonds. The summed E-state index contributed by atoms with van der Waals surface area (Å²) in [6.45, 7) is 1.77. The van der Waals surface area contributed by atoms with Gasteiger partial charge in [0.15, 0.2) is 5.69 Å². The summed E-state index contributed by atoms with van der Waals surface area (Å²) in [5.74, 6) is 0.202. The van der Waals surface area contributed by atoms with Crippen LogP contribution in [0, 0.1) is 0 Å². The van der Waals surface area contributed by atoms with Crippen LogP contribution in [0.1, 0.15) is 46.0 Å². The van der Waals surface area contributed by atoms with Crippen molar-refractivity contribution >= 4 is 51.0 Å². The van der Waals surface area contributed by atoms with E-state index in [2.05, 4.69) is 10.3 Å². The average Bonchev–Trinajstić information content (AvgIpc) is 3.37. The molecule has 0 aliphatic carbocycles. The van der Waals surface area contributed by atoms with E-state index in [4.69, 9.17) is 33.0 Å². The van der Waals surface area contributed by atoms with E-state index in [9.17, 15) is 13.2 Å². The third kappa shape index (κ3) is 6.31. The van der Waals surface area contributed by atoms with Crippen LogP contribution >= 0.6 is 23.2 Å². The minimum absolute atomic E-state index is 0.0296. The predicted molar refractivity (Wildman–Crippen MR) is 168 cm³/mol. The first-order valence-corrected chi connectivity index (χ1v) is 15.5. The summed E-state index contributed by atoms with van der Waals surface area (Å²) in [7, 11) is 0.649. The Labute approximate surface area is 260 Å². The molecule has 0 spiro atoms. The summed E-state index contributed by atoms with van der Waals surface area (Å²) < 4.78 is 36.2. The first-order chi connectivity index (χ1) is 20.5. The highest BCUT2D eigenvalue weighted by molar-refractivity contribution is 7.86. The molecular formula is C30H30Cl2N6O4S. The molecule has 1 aliphatic heterocycles. The Morgan fingerprint density at radius 3 is 2.47 bits per heavy atom. The highest BCUT2D eigenvalue weighted by atomic mass is 35.5. The molecule has 0 bridgehead atoms. The monoisotopic (exact) mass is 640 g/mol. The molecule has 1 N–H and O–H groups in total. The quantitative estimate of drug-likeness (QED) is 0.282. The number of fused-ring (bicyclic) bond motifs is 1. The molecule has 10 nitrogen and oxygen atoms in total. The molecular weight excluding hydrogens is 611 g/mol. The summed E-state index contributed by atoms with van der Waals surface area (Å²) in [5.41, 5.74) is 3.66. The van der Waals surface area contributed by atoms with Gasteiger partial charge in [0.2, 0.25) is 0 Å². The van der Waals surface area contributed by atoms with Crippen molar-refractivity contribution in [1.82, 2.24) is 28.7 Å². The number of ether oxygens (including phenoxy) is 1. The summed E-state index contributed by atoms with van der Waals surface area (Å²) in [6.07, 6.45) is 3.52.